The van der Waals surface area contributed by atoms with Crippen molar-refractivity contribution in [2.45, 2.75) is 171 Å². The Morgan fingerprint density at radius 1 is 0.585 bits per heavy atom. The van der Waals surface area contributed by atoms with Gasteiger partial charge in [-0.05, 0) is 104 Å². The molecule has 17 nitrogen and oxygen atoms in total. The van der Waals surface area contributed by atoms with Crippen molar-refractivity contribution in [1.29, 1.82) is 0 Å². The zero-order valence-electron chi connectivity index (χ0n) is 40.1. The Bertz CT molecular complexity index is 2080. The highest BCUT2D eigenvalue weighted by Gasteiger charge is 2.42. The Labute approximate surface area is 383 Å². The van der Waals surface area contributed by atoms with Gasteiger partial charge in [-0.15, -0.1) is 0 Å². The van der Waals surface area contributed by atoms with Gasteiger partial charge in [0.2, 0.25) is 11.8 Å². The van der Waals surface area contributed by atoms with Gasteiger partial charge in [0.05, 0.1) is 36.6 Å². The molecule has 4 aromatic heterocycles. The van der Waals surface area contributed by atoms with Crippen LogP contribution >= 0.6 is 0 Å². The molecule has 0 aliphatic carbocycles. The number of carbonyl (C=O) groups is 6. The summed E-state index contributed by atoms with van der Waals surface area (Å²) in [5, 5.41) is 0. The van der Waals surface area contributed by atoms with Crippen molar-refractivity contribution in [3.8, 4) is 0 Å². The third kappa shape index (κ3) is 14.2. The van der Waals surface area contributed by atoms with Crippen LogP contribution in [0.15, 0.2) is 36.9 Å². The van der Waals surface area contributed by atoms with Crippen molar-refractivity contribution in [3.05, 3.63) is 48.6 Å². The van der Waals surface area contributed by atoms with E-state index < -0.39 is 59.9 Å². The molecule has 0 saturated heterocycles. The second-order valence-electron chi connectivity index (χ2n) is 17.4. The smallest absolute Gasteiger partial charge is 0.417 e. The fourth-order valence-corrected chi connectivity index (χ4v) is 8.22. The SMILES string of the molecule is CCOC(=O)N(C(=O)CCCCCn1c(C)nc2cnccc21)[C@@H](CC(C)C)C(=O)C(C)OC(C)C(=O)[C@H](CC(C)C)N(C(=O)CCCCCn1c(C)nc2cnccc21)C(=O)OCC. The number of amides is 4. The molecule has 0 saturated carbocycles. The van der Waals surface area contributed by atoms with Gasteiger partial charge in [-0.3, -0.25) is 29.1 Å². The summed E-state index contributed by atoms with van der Waals surface area (Å²) in [4.78, 5) is 103. The molecule has 0 aliphatic rings. The molecule has 2 unspecified atom stereocenters. The molecule has 0 bridgehead atoms. The number of Topliss-reactive ketones (excluding diaryl/α,β-unsaturated/α-hetero) is 2. The number of imidazole rings is 2. The number of unbranched alkanes of at least 4 members (excludes halogenated alkanes) is 4. The number of aryl methyl sites for hydroxylation is 4. The molecule has 356 valence electrons. The van der Waals surface area contributed by atoms with Gasteiger partial charge >= 0.3 is 12.2 Å². The van der Waals surface area contributed by atoms with E-state index in [-0.39, 0.29) is 50.7 Å². The van der Waals surface area contributed by atoms with Gasteiger partial charge in [0.15, 0.2) is 11.6 Å². The lowest BCUT2D eigenvalue weighted by Gasteiger charge is -2.33. The van der Waals surface area contributed by atoms with E-state index in [1.165, 1.54) is 13.8 Å². The number of fused-ring (bicyclic) bond motifs is 2. The Morgan fingerprint density at radius 3 is 1.32 bits per heavy atom. The minimum absolute atomic E-state index is 0.00633. The highest BCUT2D eigenvalue weighted by Crippen LogP contribution is 2.24. The normalized spacial score (nSPS) is 13.5. The molecule has 65 heavy (non-hydrogen) atoms. The highest BCUT2D eigenvalue weighted by atomic mass is 16.6. The van der Waals surface area contributed by atoms with E-state index in [0.717, 1.165) is 56.4 Å². The zero-order valence-corrected chi connectivity index (χ0v) is 40.1. The molecule has 4 rings (SSSR count). The fourth-order valence-electron chi connectivity index (χ4n) is 8.22. The first-order valence-corrected chi connectivity index (χ1v) is 23.2. The summed E-state index contributed by atoms with van der Waals surface area (Å²) in [5.41, 5.74) is 3.59. The predicted molar refractivity (Wildman–Crippen MR) is 246 cm³/mol. The number of hydrogen-bond donors (Lipinski definition) is 0. The van der Waals surface area contributed by atoms with Crippen LogP contribution in [0, 0.1) is 25.7 Å². The van der Waals surface area contributed by atoms with Crippen LogP contribution in [0.25, 0.3) is 22.1 Å². The highest BCUT2D eigenvalue weighted by molar-refractivity contribution is 6.01. The lowest BCUT2D eigenvalue weighted by Crippen LogP contribution is -2.54. The lowest BCUT2D eigenvalue weighted by atomic mass is 9.94. The first kappa shape index (κ1) is 52.0. The van der Waals surface area contributed by atoms with Crippen molar-refractivity contribution in [1.82, 2.24) is 38.9 Å². The predicted octanol–water partition coefficient (Wildman–Crippen LogP) is 8.35. The van der Waals surface area contributed by atoms with Gasteiger partial charge in [-0.2, -0.15) is 0 Å². The maximum absolute atomic E-state index is 14.4. The van der Waals surface area contributed by atoms with E-state index in [2.05, 4.69) is 29.1 Å². The molecule has 0 N–H and O–H groups in total. The van der Waals surface area contributed by atoms with Crippen LogP contribution in [0.3, 0.4) is 0 Å². The molecule has 0 aliphatic heterocycles. The van der Waals surface area contributed by atoms with Crippen molar-refractivity contribution >= 4 is 57.6 Å². The second kappa shape index (κ2) is 25.2. The van der Waals surface area contributed by atoms with Crippen LogP contribution in [0.2, 0.25) is 0 Å². The Balaban J connectivity index is 1.43. The topological polar surface area (TPSA) is 198 Å². The number of nitrogens with zero attached hydrogens (tertiary/aromatic N) is 8. The third-order valence-corrected chi connectivity index (χ3v) is 11.4. The molecular weight excluding hydrogens is 833 g/mol. The van der Waals surface area contributed by atoms with E-state index >= 15 is 0 Å². The van der Waals surface area contributed by atoms with Crippen LogP contribution in [0.4, 0.5) is 9.59 Å². The molecule has 0 spiro atoms. The fraction of sp³-hybridized carbons (Fsp3) is 0.625. The molecular formula is C48H70N8O9. The molecule has 0 radical (unpaired) electrons. The monoisotopic (exact) mass is 903 g/mol. The molecule has 0 fully saturated rings. The number of carbonyl (C=O) groups excluding carboxylic acids is 6. The summed E-state index contributed by atoms with van der Waals surface area (Å²) < 4.78 is 21.0. The van der Waals surface area contributed by atoms with Gasteiger partial charge in [-0.25, -0.2) is 29.4 Å². The zero-order chi connectivity index (χ0) is 47.8. The van der Waals surface area contributed by atoms with Crippen LogP contribution in [-0.4, -0.2) is 112 Å². The minimum Gasteiger partial charge on any atom is -0.449 e. The largest absolute Gasteiger partial charge is 0.449 e. The number of ether oxygens (including phenoxy) is 3. The van der Waals surface area contributed by atoms with Gasteiger partial charge in [0.1, 0.15) is 47.0 Å². The number of rotatable bonds is 26. The quantitative estimate of drug-likeness (QED) is 0.0546. The van der Waals surface area contributed by atoms with E-state index in [0.29, 0.717) is 38.8 Å². The number of imide groups is 2. The van der Waals surface area contributed by atoms with Crippen LogP contribution in [0.1, 0.15) is 131 Å². The Kier molecular flexibility index (Phi) is 20.2. The van der Waals surface area contributed by atoms with Crippen molar-refractivity contribution in [3.63, 3.8) is 0 Å². The first-order valence-electron chi connectivity index (χ1n) is 23.2. The van der Waals surface area contributed by atoms with E-state index in [4.69, 9.17) is 14.2 Å². The van der Waals surface area contributed by atoms with Gasteiger partial charge in [0.25, 0.3) is 0 Å². The summed E-state index contributed by atoms with van der Waals surface area (Å²) in [7, 11) is 0. The molecule has 4 aromatic rings. The summed E-state index contributed by atoms with van der Waals surface area (Å²) in [6, 6.07) is 1.37. The van der Waals surface area contributed by atoms with Gasteiger partial charge in [0, 0.05) is 38.3 Å². The number of hydrogen-bond acceptors (Lipinski definition) is 13. The van der Waals surface area contributed by atoms with E-state index in [1.807, 2.05) is 53.7 Å². The number of pyridine rings is 2. The molecule has 0 aromatic carbocycles. The summed E-state index contributed by atoms with van der Waals surface area (Å²) >= 11 is 0. The average molecular weight is 903 g/mol. The Morgan fingerprint density at radius 2 is 0.969 bits per heavy atom. The molecule has 4 heterocycles. The first-order chi connectivity index (χ1) is 31.0. The van der Waals surface area contributed by atoms with Crippen molar-refractivity contribution < 1.29 is 43.0 Å². The molecule has 4 atom stereocenters. The van der Waals surface area contributed by atoms with Crippen LogP contribution in [-0.2, 0) is 46.5 Å². The molecule has 17 heteroatoms. The van der Waals surface area contributed by atoms with E-state index in [1.54, 1.807) is 38.6 Å². The maximum atomic E-state index is 14.4. The van der Waals surface area contributed by atoms with Crippen LogP contribution < -0.4 is 0 Å². The van der Waals surface area contributed by atoms with E-state index in [9.17, 15) is 28.8 Å². The minimum atomic E-state index is -1.26. The number of aromatic nitrogens is 6. The Hall–Kier alpha value is -5.58. The van der Waals surface area contributed by atoms with Crippen molar-refractivity contribution in [2.24, 2.45) is 11.8 Å². The number of ketones is 2. The average Bonchev–Trinajstić information content (AvgIpc) is 3.75. The second-order valence-corrected chi connectivity index (χ2v) is 17.4. The third-order valence-electron chi connectivity index (χ3n) is 11.4. The van der Waals surface area contributed by atoms with Crippen molar-refractivity contribution in [2.75, 3.05) is 13.2 Å². The van der Waals surface area contributed by atoms with Gasteiger partial charge < -0.3 is 23.3 Å². The summed E-state index contributed by atoms with van der Waals surface area (Å²) in [6.45, 7) is 18.9. The standard InChI is InChI=1S/C48H70N8O9/c1-11-63-47(61)55(43(57)19-15-13-17-25-53-35(9)51-37-29-49-23-21-39(37)53)41(27-31(3)4)45(59)33(7)65-34(8)46(60)42(28-32(5)6)56(48(62)64-12-2)44(58)20-16-14-18-26-54-36(10)52-38-30-50-24-22-40(38)54/h21-24,29-34,41-42H,11-20,25-28H2,1-10H3/t33?,34?,41-,42-/m0/s1. The maximum Gasteiger partial charge on any atom is 0.417 e. The summed E-state index contributed by atoms with van der Waals surface area (Å²) in [6.07, 6.45) is 6.63. The lowest BCUT2D eigenvalue weighted by molar-refractivity contribution is -0.152. The summed E-state index contributed by atoms with van der Waals surface area (Å²) in [5.74, 6) is -0.739. The van der Waals surface area contributed by atoms with Crippen LogP contribution in [0.5, 0.6) is 0 Å². The molecule has 4 amide bonds. The van der Waals surface area contributed by atoms with Gasteiger partial charge in [-0.1, -0.05) is 40.5 Å².